The second-order valence-electron chi connectivity index (χ2n) is 6.40. The standard InChI is InChI=1S/C20H21ClN2O4S/c21-15-5-7-16(8-6-15)23-20(25)13-28(26)12-19(24)22-11-18-17-4-2-1-3-14(17)9-10-27-18/h1-8,18H,9-13H2,(H,22,24)(H,23,25)/t18-,28+/m1/s1. The molecule has 28 heavy (non-hydrogen) atoms. The van der Waals surface area contributed by atoms with E-state index in [-0.39, 0.29) is 23.5 Å². The van der Waals surface area contributed by atoms with Gasteiger partial charge in [0.05, 0.1) is 6.61 Å². The number of rotatable bonds is 7. The van der Waals surface area contributed by atoms with E-state index in [1.165, 1.54) is 5.56 Å². The van der Waals surface area contributed by atoms with E-state index in [4.69, 9.17) is 16.3 Å². The quantitative estimate of drug-likeness (QED) is 0.720. The fraction of sp³-hybridized carbons (Fsp3) is 0.300. The number of anilines is 1. The lowest BCUT2D eigenvalue weighted by atomic mass is 9.97. The largest absolute Gasteiger partial charge is 0.371 e. The summed E-state index contributed by atoms with van der Waals surface area (Å²) in [5.74, 6) is -1.27. The Labute approximate surface area is 171 Å². The summed E-state index contributed by atoms with van der Waals surface area (Å²) in [6, 6.07) is 14.6. The van der Waals surface area contributed by atoms with Gasteiger partial charge in [-0.3, -0.25) is 13.8 Å². The molecule has 8 heteroatoms. The number of halogens is 1. The van der Waals surface area contributed by atoms with Crippen LogP contribution >= 0.6 is 11.6 Å². The Morgan fingerprint density at radius 1 is 1.07 bits per heavy atom. The van der Waals surface area contributed by atoms with Crippen LogP contribution in [0, 0.1) is 0 Å². The number of amides is 2. The second-order valence-corrected chi connectivity index (χ2v) is 8.29. The van der Waals surface area contributed by atoms with Crippen molar-refractivity contribution >= 4 is 39.9 Å². The molecule has 0 saturated carbocycles. The van der Waals surface area contributed by atoms with Crippen molar-refractivity contribution in [2.45, 2.75) is 12.5 Å². The van der Waals surface area contributed by atoms with Gasteiger partial charge in [0.25, 0.3) is 0 Å². The van der Waals surface area contributed by atoms with Gasteiger partial charge in [0.2, 0.25) is 11.8 Å². The lowest BCUT2D eigenvalue weighted by molar-refractivity contribution is -0.119. The summed E-state index contributed by atoms with van der Waals surface area (Å²) >= 11 is 5.79. The Hall–Kier alpha value is -2.22. The van der Waals surface area contributed by atoms with Gasteiger partial charge in [0, 0.05) is 28.1 Å². The van der Waals surface area contributed by atoms with Crippen molar-refractivity contribution in [3.8, 4) is 0 Å². The van der Waals surface area contributed by atoms with Gasteiger partial charge in [-0.25, -0.2) is 0 Å². The van der Waals surface area contributed by atoms with Gasteiger partial charge < -0.3 is 15.4 Å². The first-order valence-corrected chi connectivity index (χ1v) is 10.7. The van der Waals surface area contributed by atoms with Gasteiger partial charge in [0.15, 0.2) is 0 Å². The number of fused-ring (bicyclic) bond motifs is 1. The topological polar surface area (TPSA) is 84.5 Å². The van der Waals surface area contributed by atoms with Gasteiger partial charge in [-0.15, -0.1) is 0 Å². The van der Waals surface area contributed by atoms with E-state index in [0.29, 0.717) is 23.9 Å². The normalized spacial score (nSPS) is 16.7. The van der Waals surface area contributed by atoms with Gasteiger partial charge >= 0.3 is 0 Å². The van der Waals surface area contributed by atoms with E-state index in [0.717, 1.165) is 12.0 Å². The zero-order chi connectivity index (χ0) is 19.9. The summed E-state index contributed by atoms with van der Waals surface area (Å²) in [4.78, 5) is 24.0. The maximum absolute atomic E-state index is 12.1. The molecular formula is C20H21ClN2O4S. The predicted octanol–water partition coefficient (Wildman–Crippen LogP) is 2.46. The maximum atomic E-state index is 12.1. The molecule has 2 amide bonds. The van der Waals surface area contributed by atoms with E-state index in [1.54, 1.807) is 24.3 Å². The van der Waals surface area contributed by atoms with E-state index >= 15 is 0 Å². The van der Waals surface area contributed by atoms with Gasteiger partial charge in [-0.2, -0.15) is 0 Å². The predicted molar refractivity (Wildman–Crippen MR) is 110 cm³/mol. The zero-order valence-electron chi connectivity index (χ0n) is 15.2. The lowest BCUT2D eigenvalue weighted by Gasteiger charge is -2.26. The molecule has 1 heterocycles. The SMILES string of the molecule is O=C(C[S@](=O)CC(=O)Nc1ccc(Cl)cc1)NC[C@H]1OCCc2ccccc21. The molecule has 0 bridgehead atoms. The highest BCUT2D eigenvalue weighted by Crippen LogP contribution is 2.26. The highest BCUT2D eigenvalue weighted by molar-refractivity contribution is 7.86. The molecule has 0 aliphatic carbocycles. The average Bonchev–Trinajstić information content (AvgIpc) is 2.68. The first kappa shape index (κ1) is 20.5. The fourth-order valence-electron chi connectivity index (χ4n) is 2.98. The van der Waals surface area contributed by atoms with Crippen LogP contribution in [0.25, 0.3) is 0 Å². The summed E-state index contributed by atoms with van der Waals surface area (Å²) in [5, 5.41) is 5.93. The van der Waals surface area contributed by atoms with Crippen LogP contribution < -0.4 is 10.6 Å². The van der Waals surface area contributed by atoms with Crippen molar-refractivity contribution in [1.29, 1.82) is 0 Å². The van der Waals surface area contributed by atoms with Crippen molar-refractivity contribution in [1.82, 2.24) is 5.32 Å². The zero-order valence-corrected chi connectivity index (χ0v) is 16.7. The van der Waals surface area contributed by atoms with Crippen LogP contribution in [0.2, 0.25) is 5.02 Å². The number of benzene rings is 2. The lowest BCUT2D eigenvalue weighted by Crippen LogP contribution is -2.35. The van der Waals surface area contributed by atoms with Crippen molar-refractivity contribution in [2.75, 3.05) is 30.0 Å². The van der Waals surface area contributed by atoms with E-state index in [2.05, 4.69) is 16.7 Å². The molecule has 6 nitrogen and oxygen atoms in total. The molecule has 0 spiro atoms. The summed E-state index contributed by atoms with van der Waals surface area (Å²) in [6.07, 6.45) is 0.642. The van der Waals surface area contributed by atoms with Crippen molar-refractivity contribution in [3.05, 3.63) is 64.7 Å². The molecule has 0 unspecified atom stereocenters. The van der Waals surface area contributed by atoms with Gasteiger partial charge in [-0.05, 0) is 41.8 Å². The molecule has 0 saturated heterocycles. The third-order valence-corrected chi connectivity index (χ3v) is 5.71. The Kier molecular flexibility index (Phi) is 7.19. The third-order valence-electron chi connectivity index (χ3n) is 4.29. The molecule has 0 radical (unpaired) electrons. The minimum atomic E-state index is -1.60. The molecule has 148 valence electrons. The molecule has 1 aliphatic rings. The van der Waals surface area contributed by atoms with E-state index < -0.39 is 16.7 Å². The number of nitrogens with one attached hydrogen (secondary N) is 2. The van der Waals surface area contributed by atoms with Crippen LogP contribution in [0.1, 0.15) is 17.2 Å². The van der Waals surface area contributed by atoms with Crippen molar-refractivity contribution < 1.29 is 18.5 Å². The third kappa shape index (κ3) is 5.89. The van der Waals surface area contributed by atoms with Crippen LogP contribution in [-0.2, 0) is 31.5 Å². The van der Waals surface area contributed by atoms with Gasteiger partial charge in [0.1, 0.15) is 17.6 Å². The van der Waals surface area contributed by atoms with E-state index in [9.17, 15) is 13.8 Å². The number of hydrogen-bond acceptors (Lipinski definition) is 4. The minimum Gasteiger partial charge on any atom is -0.371 e. The van der Waals surface area contributed by atoms with Crippen LogP contribution in [0.15, 0.2) is 48.5 Å². The van der Waals surface area contributed by atoms with Crippen molar-refractivity contribution in [2.24, 2.45) is 0 Å². The molecule has 0 aromatic heterocycles. The molecule has 2 aromatic carbocycles. The van der Waals surface area contributed by atoms with Crippen LogP contribution in [-0.4, -0.2) is 40.7 Å². The Bertz CT molecular complexity index is 873. The van der Waals surface area contributed by atoms with Crippen LogP contribution in [0.4, 0.5) is 5.69 Å². The summed E-state index contributed by atoms with van der Waals surface area (Å²) in [7, 11) is -1.60. The Morgan fingerprint density at radius 3 is 2.57 bits per heavy atom. The smallest absolute Gasteiger partial charge is 0.237 e. The number of ether oxygens (including phenoxy) is 1. The minimum absolute atomic E-state index is 0.212. The molecular weight excluding hydrogens is 400 g/mol. The molecule has 2 N–H and O–H groups in total. The number of hydrogen-bond donors (Lipinski definition) is 2. The molecule has 2 atom stereocenters. The average molecular weight is 421 g/mol. The van der Waals surface area contributed by atoms with Crippen molar-refractivity contribution in [3.63, 3.8) is 0 Å². The highest BCUT2D eigenvalue weighted by atomic mass is 35.5. The summed E-state index contributed by atoms with van der Waals surface area (Å²) in [5.41, 5.74) is 2.84. The fourth-order valence-corrected chi connectivity index (χ4v) is 3.96. The first-order valence-electron chi connectivity index (χ1n) is 8.88. The van der Waals surface area contributed by atoms with E-state index in [1.807, 2.05) is 18.2 Å². The monoisotopic (exact) mass is 420 g/mol. The maximum Gasteiger partial charge on any atom is 0.237 e. The molecule has 0 fully saturated rings. The second kappa shape index (κ2) is 9.82. The number of carbonyl (C=O) groups excluding carboxylic acids is 2. The highest BCUT2D eigenvalue weighted by Gasteiger charge is 2.21. The van der Waals surface area contributed by atoms with Crippen LogP contribution in [0.5, 0.6) is 0 Å². The molecule has 1 aliphatic heterocycles. The summed E-state index contributed by atoms with van der Waals surface area (Å²) in [6.45, 7) is 0.915. The first-order chi connectivity index (χ1) is 13.5. The van der Waals surface area contributed by atoms with Gasteiger partial charge in [-0.1, -0.05) is 35.9 Å². The Morgan fingerprint density at radius 2 is 1.79 bits per heavy atom. The number of carbonyl (C=O) groups is 2. The molecule has 3 rings (SSSR count). The summed E-state index contributed by atoms with van der Waals surface area (Å²) < 4.78 is 17.8. The van der Waals surface area contributed by atoms with Crippen LogP contribution in [0.3, 0.4) is 0 Å². The molecule has 2 aromatic rings. The Balaban J connectivity index is 1.43.